The number of amides is 2. The van der Waals surface area contributed by atoms with Crippen LogP contribution in [0.3, 0.4) is 0 Å². The number of alkyl halides is 1. The van der Waals surface area contributed by atoms with Crippen molar-refractivity contribution in [2.75, 3.05) is 19.0 Å². The van der Waals surface area contributed by atoms with E-state index in [1.165, 1.54) is 4.68 Å². The highest BCUT2D eigenvalue weighted by Crippen LogP contribution is 2.21. The molecule has 2 heterocycles. The monoisotopic (exact) mass is 286 g/mol. The number of nitrogens with one attached hydrogen (secondary N) is 1. The number of urea groups is 1. The number of carboxylic acids is 1. The first kappa shape index (κ1) is 13.7. The van der Waals surface area contributed by atoms with Gasteiger partial charge in [0.05, 0.1) is 12.2 Å². The first-order valence-corrected chi connectivity index (χ1v) is 6.44. The van der Waals surface area contributed by atoms with Gasteiger partial charge in [0.2, 0.25) is 0 Å². The summed E-state index contributed by atoms with van der Waals surface area (Å²) in [5.74, 6) is -0.670. The second-order valence-corrected chi connectivity index (χ2v) is 4.67. The number of nitrogens with zero attached hydrogens (tertiary/aromatic N) is 3. The Kier molecular flexibility index (Phi) is 3.94. The Morgan fingerprint density at radius 1 is 1.53 bits per heavy atom. The summed E-state index contributed by atoms with van der Waals surface area (Å²) in [6.07, 6.45) is 0.499. The van der Waals surface area contributed by atoms with Crippen molar-refractivity contribution in [3.63, 3.8) is 0 Å². The topological polar surface area (TPSA) is 87.5 Å². The molecule has 19 heavy (non-hydrogen) atoms. The van der Waals surface area contributed by atoms with Gasteiger partial charge in [-0.3, -0.25) is 4.68 Å². The summed E-state index contributed by atoms with van der Waals surface area (Å²) in [6, 6.07) is -0.190. The van der Waals surface area contributed by atoms with E-state index >= 15 is 0 Å². The SMILES string of the molecule is Cn1nc(C(=O)O)c2c1CN(C(=O)NCCCl)CC2. The molecule has 1 aromatic rings. The van der Waals surface area contributed by atoms with Gasteiger partial charge < -0.3 is 15.3 Å². The minimum atomic E-state index is -1.03. The van der Waals surface area contributed by atoms with E-state index in [0.717, 1.165) is 11.3 Å². The van der Waals surface area contributed by atoms with Gasteiger partial charge in [0, 0.05) is 31.6 Å². The molecule has 104 valence electrons. The van der Waals surface area contributed by atoms with E-state index in [2.05, 4.69) is 10.4 Å². The highest BCUT2D eigenvalue weighted by atomic mass is 35.5. The minimum Gasteiger partial charge on any atom is -0.476 e. The van der Waals surface area contributed by atoms with Crippen LogP contribution in [-0.4, -0.2) is 50.8 Å². The molecule has 8 heteroatoms. The molecule has 0 saturated heterocycles. The minimum absolute atomic E-state index is 0.0818. The molecule has 0 fully saturated rings. The van der Waals surface area contributed by atoms with Crippen LogP contribution in [0.1, 0.15) is 21.7 Å². The number of carbonyl (C=O) groups is 2. The fraction of sp³-hybridized carbons (Fsp3) is 0.545. The van der Waals surface area contributed by atoms with E-state index in [9.17, 15) is 9.59 Å². The first-order valence-electron chi connectivity index (χ1n) is 5.91. The lowest BCUT2D eigenvalue weighted by Gasteiger charge is -2.27. The average molecular weight is 287 g/mol. The molecule has 2 amide bonds. The van der Waals surface area contributed by atoms with Crippen molar-refractivity contribution < 1.29 is 14.7 Å². The van der Waals surface area contributed by atoms with Crippen molar-refractivity contribution in [2.45, 2.75) is 13.0 Å². The van der Waals surface area contributed by atoms with Gasteiger partial charge in [-0.2, -0.15) is 5.10 Å². The lowest BCUT2D eigenvalue weighted by atomic mass is 10.0. The lowest BCUT2D eigenvalue weighted by molar-refractivity contribution is 0.0688. The summed E-state index contributed by atoms with van der Waals surface area (Å²) >= 11 is 5.52. The van der Waals surface area contributed by atoms with Gasteiger partial charge in [-0.15, -0.1) is 11.6 Å². The van der Waals surface area contributed by atoms with Gasteiger partial charge in [0.25, 0.3) is 0 Å². The van der Waals surface area contributed by atoms with Crippen LogP contribution in [0.4, 0.5) is 4.79 Å². The van der Waals surface area contributed by atoms with E-state index in [4.69, 9.17) is 16.7 Å². The molecular weight excluding hydrogens is 272 g/mol. The van der Waals surface area contributed by atoms with Crippen LogP contribution in [0.2, 0.25) is 0 Å². The molecule has 0 aromatic carbocycles. The normalized spacial score (nSPS) is 14.1. The fourth-order valence-corrected chi connectivity index (χ4v) is 2.28. The molecule has 1 aromatic heterocycles. The molecule has 2 N–H and O–H groups in total. The van der Waals surface area contributed by atoms with Crippen molar-refractivity contribution >= 4 is 23.6 Å². The zero-order valence-electron chi connectivity index (χ0n) is 10.5. The second kappa shape index (κ2) is 5.48. The average Bonchev–Trinajstić information content (AvgIpc) is 2.73. The van der Waals surface area contributed by atoms with E-state index in [0.29, 0.717) is 31.9 Å². The maximum atomic E-state index is 11.8. The van der Waals surface area contributed by atoms with Crippen LogP contribution < -0.4 is 5.32 Å². The van der Waals surface area contributed by atoms with Crippen molar-refractivity contribution in [2.24, 2.45) is 7.05 Å². The predicted octanol–water partition coefficient (Wildman–Crippen LogP) is 0.425. The van der Waals surface area contributed by atoms with Crippen LogP contribution in [0.25, 0.3) is 0 Å². The first-order chi connectivity index (χ1) is 9.04. The molecule has 0 unspecified atom stereocenters. The number of rotatable bonds is 3. The Balaban J connectivity index is 2.16. The van der Waals surface area contributed by atoms with E-state index in [1.807, 2.05) is 0 Å². The molecule has 0 radical (unpaired) electrons. The van der Waals surface area contributed by atoms with Gasteiger partial charge in [0.1, 0.15) is 0 Å². The van der Waals surface area contributed by atoms with Gasteiger partial charge in [-0.25, -0.2) is 9.59 Å². The zero-order chi connectivity index (χ0) is 14.0. The van der Waals surface area contributed by atoms with Crippen LogP contribution in [0, 0.1) is 0 Å². The fourth-order valence-electron chi connectivity index (χ4n) is 2.18. The molecule has 0 aliphatic carbocycles. The number of carboxylic acid groups (broad SMARTS) is 1. The highest BCUT2D eigenvalue weighted by Gasteiger charge is 2.28. The van der Waals surface area contributed by atoms with Crippen molar-refractivity contribution in [3.8, 4) is 0 Å². The maximum Gasteiger partial charge on any atom is 0.356 e. The molecule has 0 saturated carbocycles. The van der Waals surface area contributed by atoms with E-state index in [-0.39, 0.29) is 11.7 Å². The number of fused-ring (bicyclic) bond motifs is 1. The molecule has 0 atom stereocenters. The third-order valence-corrected chi connectivity index (χ3v) is 3.30. The quantitative estimate of drug-likeness (QED) is 0.789. The summed E-state index contributed by atoms with van der Waals surface area (Å²) in [7, 11) is 1.69. The molecule has 0 bridgehead atoms. The summed E-state index contributed by atoms with van der Waals surface area (Å²) in [5.41, 5.74) is 1.57. The Bertz CT molecular complexity index is 514. The Morgan fingerprint density at radius 2 is 2.26 bits per heavy atom. The van der Waals surface area contributed by atoms with Crippen LogP contribution in [0.5, 0.6) is 0 Å². The third-order valence-electron chi connectivity index (χ3n) is 3.11. The van der Waals surface area contributed by atoms with Crippen molar-refractivity contribution in [3.05, 3.63) is 17.0 Å². The molecule has 7 nitrogen and oxygen atoms in total. The number of carbonyl (C=O) groups excluding carboxylic acids is 1. The highest BCUT2D eigenvalue weighted by molar-refractivity contribution is 6.18. The summed E-state index contributed by atoms with van der Waals surface area (Å²) in [4.78, 5) is 24.5. The molecule has 1 aliphatic rings. The van der Waals surface area contributed by atoms with E-state index in [1.54, 1.807) is 11.9 Å². The van der Waals surface area contributed by atoms with Crippen LogP contribution in [0.15, 0.2) is 0 Å². The van der Waals surface area contributed by atoms with Gasteiger partial charge in [0.15, 0.2) is 5.69 Å². The Morgan fingerprint density at radius 3 is 2.89 bits per heavy atom. The number of aryl methyl sites for hydroxylation is 1. The van der Waals surface area contributed by atoms with Gasteiger partial charge >= 0.3 is 12.0 Å². The molecule has 2 rings (SSSR count). The second-order valence-electron chi connectivity index (χ2n) is 4.30. The van der Waals surface area contributed by atoms with Crippen molar-refractivity contribution in [1.82, 2.24) is 20.0 Å². The largest absolute Gasteiger partial charge is 0.476 e. The zero-order valence-corrected chi connectivity index (χ0v) is 11.3. The Hall–Kier alpha value is -1.76. The molecular formula is C11H15ClN4O3. The smallest absolute Gasteiger partial charge is 0.356 e. The molecule has 0 spiro atoms. The lowest BCUT2D eigenvalue weighted by Crippen LogP contribution is -2.43. The maximum absolute atomic E-state index is 11.8. The summed E-state index contributed by atoms with van der Waals surface area (Å²) < 4.78 is 1.53. The van der Waals surface area contributed by atoms with Crippen LogP contribution in [-0.2, 0) is 20.0 Å². The summed E-state index contributed by atoms with van der Waals surface area (Å²) in [6.45, 7) is 1.25. The number of halogens is 1. The number of hydrogen-bond acceptors (Lipinski definition) is 3. The standard InChI is InChI=1S/C11H15ClN4O3/c1-15-8-6-16(11(19)13-4-3-12)5-2-7(8)9(14-15)10(17)18/h2-6H2,1H3,(H,13,19)(H,17,18). The van der Waals surface area contributed by atoms with Gasteiger partial charge in [-0.05, 0) is 6.42 Å². The predicted molar refractivity (Wildman–Crippen MR) is 68.4 cm³/mol. The third kappa shape index (κ3) is 2.65. The summed E-state index contributed by atoms with van der Waals surface area (Å²) in [5, 5.41) is 15.7. The number of aromatic nitrogens is 2. The number of hydrogen-bond donors (Lipinski definition) is 2. The number of aromatic carboxylic acids is 1. The van der Waals surface area contributed by atoms with E-state index < -0.39 is 5.97 Å². The van der Waals surface area contributed by atoms with Crippen molar-refractivity contribution in [1.29, 1.82) is 0 Å². The van der Waals surface area contributed by atoms with Gasteiger partial charge in [-0.1, -0.05) is 0 Å². The molecule has 1 aliphatic heterocycles. The van der Waals surface area contributed by atoms with Crippen LogP contribution >= 0.6 is 11.6 Å². The Labute approximate surface area is 115 Å².